The SMILES string of the molecule is COc1ccc(C(=O)CSc2nc(CC(=O)N3CCN(Cc4ccc5c(c4)OCO5)CC3)cs2)cc1. The molecular weight excluding hydrogens is 498 g/mol. The highest BCUT2D eigenvalue weighted by Crippen LogP contribution is 2.33. The summed E-state index contributed by atoms with van der Waals surface area (Å²) in [5.41, 5.74) is 2.58. The zero-order valence-electron chi connectivity index (χ0n) is 20.0. The third kappa shape index (κ3) is 6.00. The van der Waals surface area contributed by atoms with Gasteiger partial charge in [-0.2, -0.15) is 0 Å². The van der Waals surface area contributed by atoms with Gasteiger partial charge in [-0.05, 0) is 42.0 Å². The first-order valence-electron chi connectivity index (χ1n) is 11.7. The summed E-state index contributed by atoms with van der Waals surface area (Å²) in [6, 6.07) is 13.1. The molecule has 2 aliphatic rings. The molecule has 0 spiro atoms. The molecule has 0 N–H and O–H groups in total. The number of piperazine rings is 1. The van der Waals surface area contributed by atoms with E-state index in [1.165, 1.54) is 28.7 Å². The number of hydrogen-bond donors (Lipinski definition) is 0. The van der Waals surface area contributed by atoms with Crippen LogP contribution >= 0.6 is 23.1 Å². The van der Waals surface area contributed by atoms with Crippen molar-refractivity contribution in [2.45, 2.75) is 17.3 Å². The number of Topliss-reactive ketones (excluding diaryl/α,β-unsaturated/α-hetero) is 1. The Bertz CT molecular complexity index is 1220. The molecular formula is C26H27N3O5S2. The lowest BCUT2D eigenvalue weighted by Gasteiger charge is -2.34. The summed E-state index contributed by atoms with van der Waals surface area (Å²) in [6.07, 6.45) is 0.283. The van der Waals surface area contributed by atoms with Gasteiger partial charge in [-0.1, -0.05) is 17.8 Å². The largest absolute Gasteiger partial charge is 0.497 e. The van der Waals surface area contributed by atoms with Gasteiger partial charge in [0.15, 0.2) is 21.6 Å². The summed E-state index contributed by atoms with van der Waals surface area (Å²) >= 11 is 2.88. The Morgan fingerprint density at radius 2 is 1.83 bits per heavy atom. The van der Waals surface area contributed by atoms with Crippen LogP contribution in [0.3, 0.4) is 0 Å². The third-order valence-corrected chi connectivity index (χ3v) is 8.24. The van der Waals surface area contributed by atoms with E-state index in [1.54, 1.807) is 31.4 Å². The van der Waals surface area contributed by atoms with Crippen LogP contribution in [0.15, 0.2) is 52.2 Å². The van der Waals surface area contributed by atoms with E-state index < -0.39 is 0 Å². The second kappa shape index (κ2) is 11.3. The molecule has 1 amide bonds. The molecule has 5 rings (SSSR count). The minimum Gasteiger partial charge on any atom is -0.497 e. The average Bonchev–Trinajstić information content (AvgIpc) is 3.56. The van der Waals surface area contributed by atoms with Crippen molar-refractivity contribution in [3.63, 3.8) is 0 Å². The first-order valence-corrected chi connectivity index (χ1v) is 13.6. The van der Waals surface area contributed by atoms with Crippen molar-refractivity contribution in [1.29, 1.82) is 0 Å². The Kier molecular flexibility index (Phi) is 7.74. The molecule has 0 aliphatic carbocycles. The second-order valence-corrected chi connectivity index (χ2v) is 10.6. The lowest BCUT2D eigenvalue weighted by atomic mass is 10.1. The molecule has 3 aromatic rings. The molecule has 0 saturated carbocycles. The summed E-state index contributed by atoms with van der Waals surface area (Å²) in [7, 11) is 1.60. The molecule has 0 radical (unpaired) electrons. The Labute approximate surface area is 218 Å². The Hall–Kier alpha value is -3.08. The van der Waals surface area contributed by atoms with Crippen molar-refractivity contribution < 1.29 is 23.8 Å². The number of carbonyl (C=O) groups is 2. The van der Waals surface area contributed by atoms with Gasteiger partial charge in [-0.15, -0.1) is 11.3 Å². The first-order chi connectivity index (χ1) is 17.6. The van der Waals surface area contributed by atoms with E-state index in [0.717, 1.165) is 46.9 Å². The molecule has 2 aromatic carbocycles. The van der Waals surface area contributed by atoms with Gasteiger partial charge < -0.3 is 19.1 Å². The van der Waals surface area contributed by atoms with Crippen molar-refractivity contribution in [3.8, 4) is 17.2 Å². The van der Waals surface area contributed by atoms with Gasteiger partial charge in [0, 0.05) is 43.7 Å². The number of amides is 1. The maximum absolute atomic E-state index is 12.8. The van der Waals surface area contributed by atoms with E-state index in [9.17, 15) is 9.59 Å². The minimum absolute atomic E-state index is 0.0362. The van der Waals surface area contributed by atoms with Gasteiger partial charge in [0.25, 0.3) is 0 Å². The highest BCUT2D eigenvalue weighted by atomic mass is 32.2. The fraction of sp³-hybridized carbons (Fsp3) is 0.346. The molecule has 1 aromatic heterocycles. The molecule has 2 aliphatic heterocycles. The molecule has 188 valence electrons. The number of thioether (sulfide) groups is 1. The van der Waals surface area contributed by atoms with Crippen LogP contribution in [0.1, 0.15) is 21.6 Å². The number of aromatic nitrogens is 1. The Morgan fingerprint density at radius 3 is 2.61 bits per heavy atom. The van der Waals surface area contributed by atoms with Gasteiger partial charge in [-0.3, -0.25) is 14.5 Å². The number of benzene rings is 2. The van der Waals surface area contributed by atoms with Gasteiger partial charge in [0.2, 0.25) is 12.7 Å². The quantitative estimate of drug-likeness (QED) is 0.309. The van der Waals surface area contributed by atoms with E-state index in [2.05, 4.69) is 16.0 Å². The smallest absolute Gasteiger partial charge is 0.231 e. The average molecular weight is 526 g/mol. The summed E-state index contributed by atoms with van der Waals surface area (Å²) in [5.74, 6) is 2.75. The number of ketones is 1. The van der Waals surface area contributed by atoms with Crippen molar-refractivity contribution in [2.24, 2.45) is 0 Å². The molecule has 36 heavy (non-hydrogen) atoms. The molecule has 8 nitrogen and oxygen atoms in total. The van der Waals surface area contributed by atoms with Crippen LogP contribution in [0.25, 0.3) is 0 Å². The normalized spacial score (nSPS) is 15.2. The lowest BCUT2D eigenvalue weighted by molar-refractivity contribution is -0.132. The molecule has 3 heterocycles. The predicted molar refractivity (Wildman–Crippen MR) is 138 cm³/mol. The Morgan fingerprint density at radius 1 is 1.06 bits per heavy atom. The maximum Gasteiger partial charge on any atom is 0.231 e. The fourth-order valence-corrected chi connectivity index (χ4v) is 5.88. The van der Waals surface area contributed by atoms with E-state index in [1.807, 2.05) is 22.4 Å². The topological polar surface area (TPSA) is 81.2 Å². The van der Waals surface area contributed by atoms with Crippen LogP contribution < -0.4 is 14.2 Å². The number of ether oxygens (including phenoxy) is 3. The minimum atomic E-state index is 0.0362. The van der Waals surface area contributed by atoms with Crippen LogP contribution in [-0.4, -0.2) is 72.3 Å². The number of thiazole rings is 1. The van der Waals surface area contributed by atoms with E-state index in [4.69, 9.17) is 14.2 Å². The zero-order valence-corrected chi connectivity index (χ0v) is 21.6. The van der Waals surface area contributed by atoms with Crippen LogP contribution in [0.4, 0.5) is 0 Å². The van der Waals surface area contributed by atoms with Gasteiger partial charge in [0.1, 0.15) is 5.75 Å². The maximum atomic E-state index is 12.8. The lowest BCUT2D eigenvalue weighted by Crippen LogP contribution is -2.48. The number of nitrogens with zero attached hydrogens (tertiary/aromatic N) is 3. The van der Waals surface area contributed by atoms with Crippen molar-refractivity contribution >= 4 is 34.8 Å². The van der Waals surface area contributed by atoms with E-state index in [-0.39, 0.29) is 24.9 Å². The predicted octanol–water partition coefficient (Wildman–Crippen LogP) is 3.74. The van der Waals surface area contributed by atoms with Gasteiger partial charge in [0.05, 0.1) is 25.0 Å². The summed E-state index contributed by atoms with van der Waals surface area (Å²) < 4.78 is 16.8. The molecule has 0 atom stereocenters. The monoisotopic (exact) mass is 525 g/mol. The van der Waals surface area contributed by atoms with E-state index in [0.29, 0.717) is 24.4 Å². The van der Waals surface area contributed by atoms with Gasteiger partial charge >= 0.3 is 0 Å². The number of rotatable bonds is 9. The third-order valence-electron chi connectivity index (χ3n) is 6.17. The highest BCUT2D eigenvalue weighted by Gasteiger charge is 2.23. The molecule has 1 saturated heterocycles. The van der Waals surface area contributed by atoms with Crippen LogP contribution in [0, 0.1) is 0 Å². The van der Waals surface area contributed by atoms with Crippen molar-refractivity contribution in [3.05, 3.63) is 64.7 Å². The zero-order chi connectivity index (χ0) is 24.9. The molecule has 10 heteroatoms. The number of fused-ring (bicyclic) bond motifs is 1. The summed E-state index contributed by atoms with van der Waals surface area (Å²) in [6.45, 7) is 4.15. The van der Waals surface area contributed by atoms with E-state index >= 15 is 0 Å². The summed E-state index contributed by atoms with van der Waals surface area (Å²) in [5, 5.41) is 1.91. The summed E-state index contributed by atoms with van der Waals surface area (Å²) in [4.78, 5) is 34.1. The van der Waals surface area contributed by atoms with Crippen LogP contribution in [0.5, 0.6) is 17.2 Å². The Balaban J connectivity index is 1.06. The van der Waals surface area contributed by atoms with Gasteiger partial charge in [-0.25, -0.2) is 4.98 Å². The van der Waals surface area contributed by atoms with Crippen LogP contribution in [-0.2, 0) is 17.8 Å². The number of carbonyl (C=O) groups excluding carboxylic acids is 2. The number of hydrogen-bond acceptors (Lipinski definition) is 9. The fourth-order valence-electron chi connectivity index (χ4n) is 4.14. The first kappa shape index (κ1) is 24.6. The van der Waals surface area contributed by atoms with Crippen molar-refractivity contribution in [2.75, 3.05) is 45.8 Å². The highest BCUT2D eigenvalue weighted by molar-refractivity contribution is 8.01. The second-order valence-electron chi connectivity index (χ2n) is 8.57. The van der Waals surface area contributed by atoms with Crippen LogP contribution in [0.2, 0.25) is 0 Å². The molecule has 1 fully saturated rings. The standard InChI is InChI=1S/C26H27N3O5S2/c1-32-21-5-3-19(4-6-21)22(30)16-36-26-27-20(15-35-26)13-25(31)29-10-8-28(9-11-29)14-18-2-7-23-24(12-18)34-17-33-23/h2-7,12,15H,8-11,13-14,16-17H2,1H3. The molecule has 0 unspecified atom stereocenters. The molecule has 0 bridgehead atoms. The van der Waals surface area contributed by atoms with Crippen molar-refractivity contribution in [1.82, 2.24) is 14.8 Å². The number of methoxy groups -OCH3 is 1.